The summed E-state index contributed by atoms with van der Waals surface area (Å²) >= 11 is 15.4. The minimum atomic E-state index is -0.492. The fourth-order valence-electron chi connectivity index (χ4n) is 9.69. The molecule has 2 saturated heterocycles. The predicted octanol–water partition coefficient (Wildman–Crippen LogP) is 10.0. The number of carbonyl (C=O) groups excluding carboxylic acids is 1. The largest absolute Gasteiger partial charge is 0.444 e. The lowest BCUT2D eigenvalue weighted by Gasteiger charge is -2.35. The highest BCUT2D eigenvalue weighted by Crippen LogP contribution is 2.40. The number of pyridine rings is 2. The molecule has 0 unspecified atom stereocenters. The first-order chi connectivity index (χ1) is 37.3. The number of aromatic amines is 2. The molecule has 2 aromatic carbocycles. The molecule has 0 bridgehead atoms. The van der Waals surface area contributed by atoms with Crippen molar-refractivity contribution in [2.75, 3.05) is 52.4 Å². The second-order valence-corrected chi connectivity index (χ2v) is 23.2. The number of carbonyl (C=O) groups is 1. The molecule has 2 aliphatic rings. The Hall–Kier alpha value is -6.91. The van der Waals surface area contributed by atoms with Crippen LogP contribution < -0.4 is 5.32 Å². The van der Waals surface area contributed by atoms with Crippen molar-refractivity contribution >= 4 is 63.0 Å². The molecule has 22 heteroatoms. The fourth-order valence-corrected chi connectivity index (χ4v) is 12.2. The van der Waals surface area contributed by atoms with Gasteiger partial charge in [-0.2, -0.15) is 20.4 Å². The number of fused-ring (bicyclic) bond motifs is 2. The highest BCUT2D eigenvalue weighted by molar-refractivity contribution is 7.19. The highest BCUT2D eigenvalue weighted by atomic mass is 35.5. The summed E-state index contributed by atoms with van der Waals surface area (Å²) in [4.78, 5) is 40.1. The molecule has 3 N–H and O–H groups in total. The van der Waals surface area contributed by atoms with Gasteiger partial charge in [-0.05, 0) is 105 Å². The van der Waals surface area contributed by atoms with Crippen LogP contribution in [0.4, 0.5) is 4.79 Å². The topological polar surface area (TPSA) is 192 Å². The minimum Gasteiger partial charge on any atom is -0.444 e. The van der Waals surface area contributed by atoms with Crippen LogP contribution in [0, 0.1) is 13.8 Å². The summed E-state index contributed by atoms with van der Waals surface area (Å²) in [6.45, 7) is 18.6. The van der Waals surface area contributed by atoms with Crippen LogP contribution in [0.3, 0.4) is 0 Å². The highest BCUT2D eigenvalue weighted by Gasteiger charge is 2.28. The molecule has 10 heterocycles. The van der Waals surface area contributed by atoms with Crippen molar-refractivity contribution in [3.05, 3.63) is 153 Å². The lowest BCUT2D eigenvalue weighted by molar-refractivity contribution is 0.0139. The Morgan fingerprint density at radius 2 is 1.08 bits per heavy atom. The first kappa shape index (κ1) is 52.2. The minimum absolute atomic E-state index is 0.244. The van der Waals surface area contributed by atoms with E-state index in [1.165, 1.54) is 23.8 Å². The predicted molar refractivity (Wildman–Crippen MR) is 303 cm³/mol. The Morgan fingerprint density at radius 3 is 1.51 bits per heavy atom. The van der Waals surface area contributed by atoms with E-state index in [9.17, 15) is 4.79 Å². The van der Waals surface area contributed by atoms with Gasteiger partial charge in [-0.3, -0.25) is 20.0 Å². The Balaban J connectivity index is 0.000000166. The van der Waals surface area contributed by atoms with Gasteiger partial charge in [-0.15, -0.1) is 22.7 Å². The number of halogens is 2. The summed E-state index contributed by atoms with van der Waals surface area (Å²) in [5, 5.41) is 30.4. The molecule has 2 fully saturated rings. The van der Waals surface area contributed by atoms with E-state index in [2.05, 4.69) is 75.9 Å². The monoisotopic (exact) mass is 1110 g/mol. The van der Waals surface area contributed by atoms with Crippen molar-refractivity contribution < 1.29 is 9.53 Å². The second kappa shape index (κ2) is 22.6. The smallest absolute Gasteiger partial charge is 0.410 e. The summed E-state index contributed by atoms with van der Waals surface area (Å²) in [6, 6.07) is 24.5. The first-order valence-corrected chi connectivity index (χ1v) is 28.0. The van der Waals surface area contributed by atoms with Crippen molar-refractivity contribution in [3.8, 4) is 42.5 Å². The number of amides is 1. The number of nitrogens with zero attached hydrogens (tertiary/aromatic N) is 13. The average Bonchev–Trinajstić information content (AvgIpc) is 4.30. The number of nitrogens with one attached hydrogen (secondary N) is 3. The van der Waals surface area contributed by atoms with E-state index in [1.54, 1.807) is 27.6 Å². The number of benzene rings is 2. The molecule has 12 rings (SSSR count). The van der Waals surface area contributed by atoms with E-state index in [1.807, 2.05) is 98.4 Å². The molecule has 10 aromatic rings. The number of rotatable bonds is 12. The Kier molecular flexibility index (Phi) is 15.3. The van der Waals surface area contributed by atoms with E-state index in [0.717, 1.165) is 139 Å². The number of piperazine rings is 2. The SMILES string of the molecule is Cc1nn2ccc(CN3CCN(C(=O)OC(C)(C)C)CC3)cc2c1-c1nc(Cc2ccc(Cl)cc2)c(-c2ncn[nH]2)s1.Cc1nn2ccc(CN3CCNCC3)cc2c1-c1nc(Cc2ccc(Cl)cc2)c(-c2ncn[nH]2)s1. The molecule has 1 amide bonds. The van der Waals surface area contributed by atoms with Gasteiger partial charge in [-0.25, -0.2) is 33.8 Å². The number of H-pyrrole nitrogens is 2. The molecule has 0 saturated carbocycles. The summed E-state index contributed by atoms with van der Waals surface area (Å²) < 4.78 is 9.43. The number of ether oxygens (including phenoxy) is 1. The van der Waals surface area contributed by atoms with E-state index >= 15 is 0 Å². The van der Waals surface area contributed by atoms with Gasteiger partial charge >= 0.3 is 6.09 Å². The number of thiazole rings is 2. The zero-order valence-electron chi connectivity index (χ0n) is 43.4. The van der Waals surface area contributed by atoms with Gasteiger partial charge in [0.2, 0.25) is 0 Å². The molecule has 77 heavy (non-hydrogen) atoms. The first-order valence-electron chi connectivity index (χ1n) is 25.6. The van der Waals surface area contributed by atoms with E-state index in [0.29, 0.717) is 36.8 Å². The maximum absolute atomic E-state index is 12.5. The summed E-state index contributed by atoms with van der Waals surface area (Å²) in [5.74, 6) is 1.43. The van der Waals surface area contributed by atoms with Gasteiger partial charge in [0.1, 0.15) is 28.3 Å². The van der Waals surface area contributed by atoms with Crippen molar-refractivity contribution in [3.63, 3.8) is 0 Å². The zero-order valence-corrected chi connectivity index (χ0v) is 46.6. The maximum Gasteiger partial charge on any atom is 0.410 e. The fraction of sp³-hybridized carbons (Fsp3) is 0.327. The Bertz CT molecular complexity index is 3630. The standard InChI is InChI=1S/C30H33ClN8O2S.C25H25ClN8S/c1-19-25(28-34-23(15-20-5-7-22(31)8-6-20)26(42-28)27-32-18-33-35-27)24-16-21(9-10-39(24)36-19)17-37-11-13-38(14-12-37)29(40)41-30(2,3)4;1-16-22(21-13-18(6-9-34(21)32-16)14-33-10-7-27-8-11-33)25-30-20(12-17-2-4-19(26)5-3-17)23(35-25)24-28-15-29-31-24/h5-10,16,18H,11-15,17H2,1-4H3,(H,32,33,35);2-6,9,13,15,27H,7-8,10-12,14H2,1H3,(H,28,29,31). The molecule has 8 aromatic heterocycles. The van der Waals surface area contributed by atoms with Crippen molar-refractivity contribution in [1.82, 2.24) is 79.6 Å². The normalized spacial score (nSPS) is 14.6. The third kappa shape index (κ3) is 12.1. The number of aromatic nitrogens is 12. The maximum atomic E-state index is 12.5. The van der Waals surface area contributed by atoms with E-state index in [-0.39, 0.29) is 6.09 Å². The Morgan fingerprint density at radius 1 is 0.623 bits per heavy atom. The van der Waals surface area contributed by atoms with Crippen molar-refractivity contribution in [2.45, 2.75) is 66.2 Å². The molecule has 0 aliphatic carbocycles. The molecule has 2 aliphatic heterocycles. The van der Waals surface area contributed by atoms with Gasteiger partial charge in [0.15, 0.2) is 11.6 Å². The number of hydrogen-bond acceptors (Lipinski definition) is 15. The van der Waals surface area contributed by atoms with Gasteiger partial charge in [0.25, 0.3) is 0 Å². The number of hydrogen-bond donors (Lipinski definition) is 3. The summed E-state index contributed by atoms with van der Waals surface area (Å²) in [7, 11) is 0. The van der Waals surface area contributed by atoms with E-state index < -0.39 is 5.60 Å². The summed E-state index contributed by atoms with van der Waals surface area (Å²) in [5.41, 5.74) is 12.1. The second-order valence-electron chi connectivity index (χ2n) is 20.3. The van der Waals surface area contributed by atoms with Crippen LogP contribution in [0.15, 0.2) is 97.8 Å². The van der Waals surface area contributed by atoms with Crippen LogP contribution >= 0.6 is 45.9 Å². The molecular formula is C55H58Cl2N16O2S2. The lowest BCUT2D eigenvalue weighted by Crippen LogP contribution is -2.49. The van der Waals surface area contributed by atoms with Crippen molar-refractivity contribution in [2.24, 2.45) is 0 Å². The number of aryl methyl sites for hydroxylation is 2. The molecule has 18 nitrogen and oxygen atoms in total. The van der Waals surface area contributed by atoms with Crippen LogP contribution in [0.2, 0.25) is 10.0 Å². The molecule has 0 radical (unpaired) electrons. The molecule has 0 atom stereocenters. The average molecular weight is 1110 g/mol. The van der Waals surface area contributed by atoms with Gasteiger partial charge < -0.3 is 15.0 Å². The van der Waals surface area contributed by atoms with Crippen molar-refractivity contribution in [1.29, 1.82) is 0 Å². The third-order valence-corrected chi connectivity index (χ3v) is 16.2. The van der Waals surface area contributed by atoms with Crippen LogP contribution in [-0.2, 0) is 30.7 Å². The van der Waals surface area contributed by atoms with E-state index in [4.69, 9.17) is 48.1 Å². The quantitative estimate of drug-likeness (QED) is 0.105. The molecular weight excluding hydrogens is 1050 g/mol. The van der Waals surface area contributed by atoms with Gasteiger partial charge in [0, 0.05) is 101 Å². The van der Waals surface area contributed by atoms with Crippen LogP contribution in [0.5, 0.6) is 0 Å². The third-order valence-electron chi connectivity index (χ3n) is 13.4. The summed E-state index contributed by atoms with van der Waals surface area (Å²) in [6.07, 6.45) is 8.19. The molecule has 396 valence electrons. The van der Waals surface area contributed by atoms with Gasteiger partial charge in [-0.1, -0.05) is 47.5 Å². The zero-order chi connectivity index (χ0) is 53.2. The Labute approximate surface area is 463 Å². The van der Waals surface area contributed by atoms with Crippen LogP contribution in [0.25, 0.3) is 53.6 Å². The van der Waals surface area contributed by atoms with Gasteiger partial charge in [0.05, 0.1) is 54.7 Å². The molecule has 0 spiro atoms. The lowest BCUT2D eigenvalue weighted by atomic mass is 10.1. The van der Waals surface area contributed by atoms with Crippen LogP contribution in [-0.4, -0.2) is 138 Å². The van der Waals surface area contributed by atoms with Crippen LogP contribution in [0.1, 0.15) is 65.8 Å².